The van der Waals surface area contributed by atoms with Gasteiger partial charge in [0.25, 0.3) is 0 Å². The van der Waals surface area contributed by atoms with E-state index in [1.165, 1.54) is 12.1 Å². The third kappa shape index (κ3) is 2.70. The van der Waals surface area contributed by atoms with E-state index < -0.39 is 11.6 Å². The molecule has 0 bridgehead atoms. The minimum absolute atomic E-state index is 0.151. The maximum absolute atomic E-state index is 13.6. The zero-order valence-corrected chi connectivity index (χ0v) is 9.99. The molecule has 0 aliphatic carbocycles. The molecular weight excluding hydrogens is 242 g/mol. The summed E-state index contributed by atoms with van der Waals surface area (Å²) in [6.45, 7) is 0. The lowest BCUT2D eigenvalue weighted by Gasteiger charge is -2.23. The van der Waals surface area contributed by atoms with Crippen molar-refractivity contribution in [3.63, 3.8) is 0 Å². The van der Waals surface area contributed by atoms with Crippen LogP contribution in [0.1, 0.15) is 18.4 Å². The number of nitriles is 1. The Morgan fingerprint density at radius 1 is 1.24 bits per heavy atom. The number of thioether (sulfide) groups is 1. The van der Waals surface area contributed by atoms with Crippen molar-refractivity contribution < 1.29 is 8.78 Å². The maximum atomic E-state index is 13.6. The highest BCUT2D eigenvalue weighted by Gasteiger charge is 2.18. The lowest BCUT2D eigenvalue weighted by atomic mass is 10.1. The molecule has 1 fully saturated rings. The molecule has 90 valence electrons. The van der Waals surface area contributed by atoms with Crippen molar-refractivity contribution in [1.82, 2.24) is 0 Å². The number of nitrogens with one attached hydrogen (secondary N) is 1. The van der Waals surface area contributed by atoms with Crippen molar-refractivity contribution in [2.75, 3.05) is 16.8 Å². The van der Waals surface area contributed by atoms with Gasteiger partial charge in [-0.1, -0.05) is 0 Å². The molecule has 0 aromatic heterocycles. The first kappa shape index (κ1) is 12.2. The van der Waals surface area contributed by atoms with Gasteiger partial charge in [-0.2, -0.15) is 17.0 Å². The largest absolute Gasteiger partial charge is 0.380 e. The van der Waals surface area contributed by atoms with E-state index >= 15 is 0 Å². The van der Waals surface area contributed by atoms with Crippen molar-refractivity contribution in [2.24, 2.45) is 0 Å². The first-order valence-electron chi connectivity index (χ1n) is 5.44. The van der Waals surface area contributed by atoms with Gasteiger partial charge in [0, 0.05) is 6.04 Å². The van der Waals surface area contributed by atoms with Gasteiger partial charge in [-0.25, -0.2) is 8.78 Å². The van der Waals surface area contributed by atoms with Gasteiger partial charge in [0.1, 0.15) is 6.07 Å². The monoisotopic (exact) mass is 254 g/mol. The molecule has 1 aliphatic heterocycles. The van der Waals surface area contributed by atoms with Crippen LogP contribution in [0.15, 0.2) is 12.1 Å². The van der Waals surface area contributed by atoms with Crippen molar-refractivity contribution in [2.45, 2.75) is 18.9 Å². The molecule has 1 N–H and O–H groups in total. The number of benzene rings is 1. The van der Waals surface area contributed by atoms with Gasteiger partial charge in [0.05, 0.1) is 11.3 Å². The molecule has 5 heteroatoms. The normalized spacial score (nSPS) is 16.5. The quantitative estimate of drug-likeness (QED) is 0.880. The summed E-state index contributed by atoms with van der Waals surface area (Å²) < 4.78 is 27.0. The fourth-order valence-corrected chi connectivity index (χ4v) is 2.92. The number of rotatable bonds is 2. The van der Waals surface area contributed by atoms with E-state index in [2.05, 4.69) is 5.32 Å². The number of anilines is 1. The van der Waals surface area contributed by atoms with Crippen LogP contribution in [0.2, 0.25) is 0 Å². The molecule has 1 aromatic carbocycles. The summed E-state index contributed by atoms with van der Waals surface area (Å²) in [6, 6.07) is 4.55. The fraction of sp³-hybridized carbons (Fsp3) is 0.417. The van der Waals surface area contributed by atoms with Crippen LogP contribution in [0, 0.1) is 23.0 Å². The summed E-state index contributed by atoms with van der Waals surface area (Å²) in [5.74, 6) is 0.0563. The van der Waals surface area contributed by atoms with Gasteiger partial charge in [-0.3, -0.25) is 0 Å². The molecule has 0 saturated carbocycles. The molecule has 0 spiro atoms. The molecule has 0 radical (unpaired) electrons. The summed E-state index contributed by atoms with van der Waals surface area (Å²) in [6.07, 6.45) is 1.90. The summed E-state index contributed by atoms with van der Waals surface area (Å²) in [5.41, 5.74) is -0.106. The number of hydrogen-bond acceptors (Lipinski definition) is 3. The number of hydrogen-bond donors (Lipinski definition) is 1. The summed E-state index contributed by atoms with van der Waals surface area (Å²) in [5, 5.41) is 11.6. The van der Waals surface area contributed by atoms with Crippen LogP contribution in [0.25, 0.3) is 0 Å². The average Bonchev–Trinajstić information content (AvgIpc) is 2.37. The van der Waals surface area contributed by atoms with Crippen molar-refractivity contribution in [1.29, 1.82) is 5.26 Å². The molecule has 2 rings (SSSR count). The van der Waals surface area contributed by atoms with E-state index in [0.29, 0.717) is 0 Å². The number of halogens is 2. The molecule has 1 aromatic rings. The van der Waals surface area contributed by atoms with Crippen molar-refractivity contribution in [3.05, 3.63) is 29.3 Å². The van der Waals surface area contributed by atoms with Gasteiger partial charge in [-0.05, 0) is 36.5 Å². The molecule has 1 heterocycles. The average molecular weight is 254 g/mol. The SMILES string of the molecule is N#Cc1ccc(NC2CCSCC2)c(F)c1F. The second-order valence-corrected chi connectivity index (χ2v) is 5.16. The Balaban J connectivity index is 2.16. The molecule has 0 atom stereocenters. The zero-order valence-electron chi connectivity index (χ0n) is 9.17. The van der Waals surface area contributed by atoms with Gasteiger partial charge in [0.15, 0.2) is 11.6 Å². The van der Waals surface area contributed by atoms with E-state index in [0.717, 1.165) is 24.3 Å². The lowest BCUT2D eigenvalue weighted by molar-refractivity contribution is 0.506. The minimum atomic E-state index is -1.07. The van der Waals surface area contributed by atoms with Crippen LogP contribution in [0.5, 0.6) is 0 Å². The van der Waals surface area contributed by atoms with Crippen LogP contribution < -0.4 is 5.32 Å². The first-order valence-corrected chi connectivity index (χ1v) is 6.60. The standard InChI is InChI=1S/C12H12F2N2S/c13-11-8(7-15)1-2-10(12(11)14)16-9-3-5-17-6-4-9/h1-2,9,16H,3-6H2. The summed E-state index contributed by atoms with van der Waals surface area (Å²) >= 11 is 1.87. The zero-order chi connectivity index (χ0) is 12.3. The minimum Gasteiger partial charge on any atom is -0.380 e. The Kier molecular flexibility index (Phi) is 3.85. The number of nitrogens with zero attached hydrogens (tertiary/aromatic N) is 1. The molecule has 0 amide bonds. The van der Waals surface area contributed by atoms with E-state index in [1.807, 2.05) is 11.8 Å². The third-order valence-corrected chi connectivity index (χ3v) is 3.83. The predicted molar refractivity (Wildman–Crippen MR) is 65.0 cm³/mol. The van der Waals surface area contributed by atoms with E-state index in [9.17, 15) is 8.78 Å². The smallest absolute Gasteiger partial charge is 0.183 e. The second kappa shape index (κ2) is 5.37. The predicted octanol–water partition coefficient (Wildman–Crippen LogP) is 3.14. The van der Waals surface area contributed by atoms with Crippen LogP contribution in [0.3, 0.4) is 0 Å². The second-order valence-electron chi connectivity index (χ2n) is 3.93. The Morgan fingerprint density at radius 2 is 1.94 bits per heavy atom. The molecule has 17 heavy (non-hydrogen) atoms. The van der Waals surface area contributed by atoms with Gasteiger partial charge >= 0.3 is 0 Å². The van der Waals surface area contributed by atoms with Crippen molar-refractivity contribution >= 4 is 17.4 Å². The highest BCUT2D eigenvalue weighted by atomic mass is 32.2. The Hall–Kier alpha value is -1.28. The highest BCUT2D eigenvalue weighted by molar-refractivity contribution is 7.99. The Labute approximate surface area is 103 Å². The summed E-state index contributed by atoms with van der Waals surface area (Å²) in [4.78, 5) is 0. The lowest BCUT2D eigenvalue weighted by Crippen LogP contribution is -2.25. The summed E-state index contributed by atoms with van der Waals surface area (Å²) in [7, 11) is 0. The highest BCUT2D eigenvalue weighted by Crippen LogP contribution is 2.25. The van der Waals surface area contributed by atoms with Gasteiger partial charge < -0.3 is 5.32 Å². The molecular formula is C12H12F2N2S. The van der Waals surface area contributed by atoms with Crippen LogP contribution in [-0.2, 0) is 0 Å². The van der Waals surface area contributed by atoms with Gasteiger partial charge in [-0.15, -0.1) is 0 Å². The van der Waals surface area contributed by atoms with Crippen LogP contribution in [-0.4, -0.2) is 17.5 Å². The van der Waals surface area contributed by atoms with Crippen molar-refractivity contribution in [3.8, 4) is 6.07 Å². The molecule has 1 saturated heterocycles. The first-order chi connectivity index (χ1) is 8.22. The van der Waals surface area contributed by atoms with Crippen LogP contribution >= 0.6 is 11.8 Å². The van der Waals surface area contributed by atoms with Gasteiger partial charge in [0.2, 0.25) is 0 Å². The molecule has 2 nitrogen and oxygen atoms in total. The van der Waals surface area contributed by atoms with E-state index in [1.54, 1.807) is 6.07 Å². The Bertz CT molecular complexity index is 451. The third-order valence-electron chi connectivity index (χ3n) is 2.78. The maximum Gasteiger partial charge on any atom is 0.183 e. The van der Waals surface area contributed by atoms with E-state index in [-0.39, 0.29) is 17.3 Å². The molecule has 1 aliphatic rings. The fourth-order valence-electron chi connectivity index (χ4n) is 1.81. The van der Waals surface area contributed by atoms with Crippen LogP contribution in [0.4, 0.5) is 14.5 Å². The Morgan fingerprint density at radius 3 is 2.59 bits per heavy atom. The topological polar surface area (TPSA) is 35.8 Å². The molecule has 0 unspecified atom stereocenters. The van der Waals surface area contributed by atoms with E-state index in [4.69, 9.17) is 5.26 Å².